The molecule has 1 fully saturated rings. The average Bonchev–Trinajstić information content (AvgIpc) is 3.13. The lowest BCUT2D eigenvalue weighted by atomic mass is 10.2. The summed E-state index contributed by atoms with van der Waals surface area (Å²) in [6.07, 6.45) is 9.89. The summed E-state index contributed by atoms with van der Waals surface area (Å²) in [6, 6.07) is 7.46. The highest BCUT2D eigenvalue weighted by molar-refractivity contribution is 6.30. The minimum absolute atomic E-state index is 0.143. The number of pyridine rings is 2. The maximum Gasteiger partial charge on any atom is 0.255 e. The molecule has 3 aromatic rings. The van der Waals surface area contributed by atoms with Crippen LogP contribution in [0.25, 0.3) is 5.69 Å². The first-order valence-corrected chi connectivity index (χ1v) is 9.61. The molecular formula is C20H21ClN6O. The first-order chi connectivity index (χ1) is 13.6. The number of aryl methyl sites for hydroxylation is 1. The van der Waals surface area contributed by atoms with Gasteiger partial charge in [-0.15, -0.1) is 0 Å². The van der Waals surface area contributed by atoms with Crippen LogP contribution in [0.15, 0.2) is 53.8 Å². The molecule has 0 aliphatic heterocycles. The van der Waals surface area contributed by atoms with Crippen LogP contribution in [-0.4, -0.2) is 31.6 Å². The Morgan fingerprint density at radius 1 is 0.964 bits per heavy atom. The van der Waals surface area contributed by atoms with Crippen LogP contribution in [0.3, 0.4) is 0 Å². The second kappa shape index (κ2) is 7.98. The second-order valence-electron chi connectivity index (χ2n) is 7.00. The topological polar surface area (TPSA) is 84.7 Å². The lowest BCUT2D eigenvalue weighted by Crippen LogP contribution is -2.21. The molecule has 7 nitrogen and oxygen atoms in total. The number of hydrogen-bond donors (Lipinski definition) is 2. The Morgan fingerprint density at radius 2 is 1.71 bits per heavy atom. The van der Waals surface area contributed by atoms with Gasteiger partial charge in [0.05, 0.1) is 35.0 Å². The zero-order valence-electron chi connectivity index (χ0n) is 15.5. The number of aromatic nitrogens is 4. The van der Waals surface area contributed by atoms with Crippen molar-refractivity contribution in [2.24, 2.45) is 0 Å². The van der Waals surface area contributed by atoms with Crippen molar-refractivity contribution >= 4 is 23.2 Å². The van der Waals surface area contributed by atoms with E-state index in [4.69, 9.17) is 11.6 Å². The Morgan fingerprint density at radius 3 is 2.39 bits per heavy atom. The van der Waals surface area contributed by atoms with Crippen molar-refractivity contribution < 1.29 is 0 Å². The van der Waals surface area contributed by atoms with E-state index < -0.39 is 0 Å². The van der Waals surface area contributed by atoms with Gasteiger partial charge in [0, 0.05) is 24.3 Å². The van der Waals surface area contributed by atoms with Gasteiger partial charge in [-0.25, -0.2) is 9.97 Å². The van der Waals surface area contributed by atoms with Crippen LogP contribution in [0.1, 0.15) is 25.0 Å². The standard InChI is InChI=1S/C20H21ClN6O/c1-13-9-23-19(11-22-13)26-16-4-3-15(8-16)25-18-6-5-17(10-24-18)27-12-14(21)2-7-20(27)28/h2,5-7,9-12,15-16H,3-4,8H2,1H3,(H,23,26)(H,24,25)/t15-,16-/m0/s1. The highest BCUT2D eigenvalue weighted by Crippen LogP contribution is 2.25. The van der Waals surface area contributed by atoms with Gasteiger partial charge in [0.1, 0.15) is 11.6 Å². The summed E-state index contributed by atoms with van der Waals surface area (Å²) in [5.74, 6) is 1.60. The number of nitrogens with zero attached hydrogens (tertiary/aromatic N) is 4. The predicted molar refractivity (Wildman–Crippen MR) is 110 cm³/mol. The summed E-state index contributed by atoms with van der Waals surface area (Å²) < 4.78 is 1.48. The van der Waals surface area contributed by atoms with Crippen molar-refractivity contribution in [2.75, 3.05) is 10.6 Å². The molecule has 1 aliphatic rings. The maximum absolute atomic E-state index is 12.0. The van der Waals surface area contributed by atoms with Gasteiger partial charge in [-0.05, 0) is 44.4 Å². The van der Waals surface area contributed by atoms with Gasteiger partial charge in [0.25, 0.3) is 5.56 Å². The Kier molecular flexibility index (Phi) is 5.25. The summed E-state index contributed by atoms with van der Waals surface area (Å²) in [5.41, 5.74) is 1.45. The molecule has 0 radical (unpaired) electrons. The van der Waals surface area contributed by atoms with Crippen molar-refractivity contribution in [3.8, 4) is 5.69 Å². The molecule has 0 aromatic carbocycles. The van der Waals surface area contributed by atoms with Crippen molar-refractivity contribution in [3.05, 3.63) is 70.1 Å². The Bertz CT molecular complexity index is 1000. The molecular weight excluding hydrogens is 376 g/mol. The van der Waals surface area contributed by atoms with Crippen LogP contribution in [0.4, 0.5) is 11.6 Å². The molecule has 8 heteroatoms. The molecule has 1 saturated carbocycles. The summed E-state index contributed by atoms with van der Waals surface area (Å²) in [5, 5.41) is 7.42. The molecule has 3 heterocycles. The number of halogens is 1. The Hall–Kier alpha value is -2.93. The minimum atomic E-state index is -0.143. The fraction of sp³-hybridized carbons (Fsp3) is 0.300. The van der Waals surface area contributed by atoms with Gasteiger partial charge < -0.3 is 10.6 Å². The molecule has 144 valence electrons. The summed E-state index contributed by atoms with van der Waals surface area (Å²) in [6.45, 7) is 1.92. The Balaban J connectivity index is 1.36. The molecule has 0 bridgehead atoms. The van der Waals surface area contributed by atoms with Crippen molar-refractivity contribution in [1.29, 1.82) is 0 Å². The van der Waals surface area contributed by atoms with E-state index in [0.717, 1.165) is 36.6 Å². The van der Waals surface area contributed by atoms with E-state index in [9.17, 15) is 4.79 Å². The van der Waals surface area contributed by atoms with Crippen molar-refractivity contribution in [2.45, 2.75) is 38.3 Å². The Labute approximate surface area is 167 Å². The predicted octanol–water partition coefficient (Wildman–Crippen LogP) is 3.43. The van der Waals surface area contributed by atoms with E-state index in [1.165, 1.54) is 10.6 Å². The van der Waals surface area contributed by atoms with E-state index in [2.05, 4.69) is 25.6 Å². The highest BCUT2D eigenvalue weighted by atomic mass is 35.5. The van der Waals surface area contributed by atoms with Gasteiger partial charge in [-0.3, -0.25) is 14.3 Å². The van der Waals surface area contributed by atoms with Crippen LogP contribution in [0.5, 0.6) is 0 Å². The average molecular weight is 397 g/mol. The molecule has 28 heavy (non-hydrogen) atoms. The lowest BCUT2D eigenvalue weighted by molar-refractivity contribution is 0.719. The normalized spacial score (nSPS) is 18.8. The summed E-state index contributed by atoms with van der Waals surface area (Å²) >= 11 is 5.98. The van der Waals surface area contributed by atoms with E-state index in [-0.39, 0.29) is 5.56 Å². The van der Waals surface area contributed by atoms with Crippen molar-refractivity contribution in [3.63, 3.8) is 0 Å². The monoisotopic (exact) mass is 396 g/mol. The van der Waals surface area contributed by atoms with E-state index in [0.29, 0.717) is 22.8 Å². The molecule has 2 atom stereocenters. The zero-order chi connectivity index (χ0) is 19.5. The molecule has 2 N–H and O–H groups in total. The van der Waals surface area contributed by atoms with Gasteiger partial charge in [0.2, 0.25) is 0 Å². The molecule has 4 rings (SSSR count). The van der Waals surface area contributed by atoms with Crippen LogP contribution in [-0.2, 0) is 0 Å². The minimum Gasteiger partial charge on any atom is -0.367 e. The number of nitrogens with one attached hydrogen (secondary N) is 2. The molecule has 0 saturated heterocycles. The summed E-state index contributed by atoms with van der Waals surface area (Å²) in [4.78, 5) is 25.1. The molecule has 0 unspecified atom stereocenters. The third-order valence-electron chi connectivity index (χ3n) is 4.82. The fourth-order valence-corrected chi connectivity index (χ4v) is 3.57. The maximum atomic E-state index is 12.0. The van der Waals surface area contributed by atoms with Gasteiger partial charge >= 0.3 is 0 Å². The molecule has 3 aromatic heterocycles. The molecule has 1 aliphatic carbocycles. The van der Waals surface area contributed by atoms with E-state index in [1.807, 2.05) is 19.1 Å². The van der Waals surface area contributed by atoms with Gasteiger partial charge in [0.15, 0.2) is 0 Å². The summed E-state index contributed by atoms with van der Waals surface area (Å²) in [7, 11) is 0. The fourth-order valence-electron chi connectivity index (χ4n) is 3.41. The number of hydrogen-bond acceptors (Lipinski definition) is 6. The third kappa shape index (κ3) is 4.31. The highest BCUT2D eigenvalue weighted by Gasteiger charge is 2.25. The van der Waals surface area contributed by atoms with Crippen molar-refractivity contribution in [1.82, 2.24) is 19.5 Å². The van der Waals surface area contributed by atoms with Crippen LogP contribution in [0, 0.1) is 6.92 Å². The SMILES string of the molecule is Cc1cnc(N[C@H]2CC[C@H](Nc3ccc(-n4cc(Cl)ccc4=O)cn3)C2)cn1. The molecule has 0 spiro atoms. The van der Waals surface area contributed by atoms with Gasteiger partial charge in [-0.2, -0.15) is 0 Å². The first kappa shape index (κ1) is 18.4. The lowest BCUT2D eigenvalue weighted by Gasteiger charge is -2.16. The third-order valence-corrected chi connectivity index (χ3v) is 5.04. The van der Waals surface area contributed by atoms with Gasteiger partial charge in [-0.1, -0.05) is 11.6 Å². The van der Waals surface area contributed by atoms with E-state index in [1.54, 1.807) is 30.9 Å². The molecule has 0 amide bonds. The second-order valence-corrected chi connectivity index (χ2v) is 7.43. The largest absolute Gasteiger partial charge is 0.367 e. The number of anilines is 2. The van der Waals surface area contributed by atoms with E-state index >= 15 is 0 Å². The first-order valence-electron chi connectivity index (χ1n) is 9.23. The number of rotatable bonds is 5. The van der Waals surface area contributed by atoms with Crippen LogP contribution < -0.4 is 16.2 Å². The smallest absolute Gasteiger partial charge is 0.255 e. The van der Waals surface area contributed by atoms with Crippen LogP contribution in [0.2, 0.25) is 5.02 Å². The quantitative estimate of drug-likeness (QED) is 0.687. The zero-order valence-corrected chi connectivity index (χ0v) is 16.2. The van der Waals surface area contributed by atoms with Crippen LogP contribution >= 0.6 is 11.6 Å².